The zero-order chi connectivity index (χ0) is 15.7. The number of benzene rings is 1. The molecular weight excluding hydrogens is 282 g/mol. The van der Waals surface area contributed by atoms with Gasteiger partial charge < -0.3 is 14.6 Å². The quantitative estimate of drug-likeness (QED) is 0.929. The van der Waals surface area contributed by atoms with Crippen molar-refractivity contribution in [1.29, 1.82) is 0 Å². The number of fused-ring (bicyclic) bond motifs is 1. The van der Waals surface area contributed by atoms with Crippen molar-refractivity contribution in [2.24, 2.45) is 0 Å². The number of aliphatic carboxylic acids is 1. The van der Waals surface area contributed by atoms with E-state index in [1.54, 1.807) is 14.0 Å². The number of piperidine rings is 1. The zero-order valence-corrected chi connectivity index (χ0v) is 13.2. The van der Waals surface area contributed by atoms with Crippen LogP contribution in [0.5, 0.6) is 11.5 Å². The van der Waals surface area contributed by atoms with E-state index in [-0.39, 0.29) is 5.60 Å². The first-order valence-corrected chi connectivity index (χ1v) is 7.86. The van der Waals surface area contributed by atoms with Gasteiger partial charge in [0.1, 0.15) is 23.1 Å². The summed E-state index contributed by atoms with van der Waals surface area (Å²) in [6.45, 7) is 3.29. The minimum absolute atomic E-state index is 0.145. The number of hydrogen-bond donors (Lipinski definition) is 1. The summed E-state index contributed by atoms with van der Waals surface area (Å²) in [4.78, 5) is 13.1. The van der Waals surface area contributed by atoms with Crippen molar-refractivity contribution in [2.75, 3.05) is 20.2 Å². The number of ether oxygens (including phenoxy) is 2. The van der Waals surface area contributed by atoms with Gasteiger partial charge in [-0.25, -0.2) is 0 Å². The van der Waals surface area contributed by atoms with Crippen molar-refractivity contribution >= 4 is 5.97 Å². The highest BCUT2D eigenvalue weighted by molar-refractivity contribution is 5.72. The number of carboxylic acids is 1. The number of rotatable bonds is 3. The van der Waals surface area contributed by atoms with Gasteiger partial charge in [0, 0.05) is 18.7 Å². The largest absolute Gasteiger partial charge is 0.496 e. The third-order valence-corrected chi connectivity index (χ3v) is 5.08. The molecule has 0 radical (unpaired) electrons. The van der Waals surface area contributed by atoms with Crippen LogP contribution in [-0.4, -0.2) is 47.8 Å². The van der Waals surface area contributed by atoms with Crippen LogP contribution in [0.3, 0.4) is 0 Å². The number of methoxy groups -OCH3 is 1. The van der Waals surface area contributed by atoms with Crippen LogP contribution in [0.1, 0.15) is 31.7 Å². The Kier molecular flexibility index (Phi) is 4.00. The predicted octanol–water partition coefficient (Wildman–Crippen LogP) is 2.33. The lowest BCUT2D eigenvalue weighted by Gasteiger charge is -2.45. The first kappa shape index (κ1) is 15.2. The van der Waals surface area contributed by atoms with E-state index >= 15 is 0 Å². The molecule has 1 aromatic rings. The van der Waals surface area contributed by atoms with Crippen LogP contribution in [0.15, 0.2) is 18.2 Å². The molecule has 2 aliphatic heterocycles. The minimum Gasteiger partial charge on any atom is -0.496 e. The molecule has 0 aliphatic carbocycles. The molecule has 1 aromatic carbocycles. The van der Waals surface area contributed by atoms with Crippen molar-refractivity contribution in [1.82, 2.24) is 4.90 Å². The average Bonchev–Trinajstić information content (AvgIpc) is 2.54. The summed E-state index contributed by atoms with van der Waals surface area (Å²) in [7, 11) is 1.69. The zero-order valence-electron chi connectivity index (χ0n) is 13.2. The molecule has 2 aliphatic rings. The van der Waals surface area contributed by atoms with E-state index in [0.717, 1.165) is 55.8 Å². The van der Waals surface area contributed by atoms with Crippen molar-refractivity contribution in [3.63, 3.8) is 0 Å². The van der Waals surface area contributed by atoms with Gasteiger partial charge >= 0.3 is 5.97 Å². The van der Waals surface area contributed by atoms with E-state index in [1.807, 2.05) is 23.1 Å². The molecule has 1 atom stereocenters. The molecule has 22 heavy (non-hydrogen) atoms. The fourth-order valence-corrected chi connectivity index (χ4v) is 3.54. The molecule has 5 nitrogen and oxygen atoms in total. The van der Waals surface area contributed by atoms with Crippen LogP contribution < -0.4 is 9.47 Å². The summed E-state index contributed by atoms with van der Waals surface area (Å²) in [5, 5.41) is 9.14. The first-order valence-electron chi connectivity index (χ1n) is 7.86. The number of likely N-dealkylation sites (tertiary alicyclic amines) is 1. The highest BCUT2D eigenvalue weighted by Gasteiger charge is 2.41. The highest BCUT2D eigenvalue weighted by atomic mass is 16.5. The normalized spacial score (nSPS) is 21.7. The second kappa shape index (κ2) is 5.80. The summed E-state index contributed by atoms with van der Waals surface area (Å²) in [6, 6.07) is 5.51. The highest BCUT2D eigenvalue weighted by Crippen LogP contribution is 2.42. The number of carbonyl (C=O) groups is 1. The van der Waals surface area contributed by atoms with Crippen LogP contribution in [-0.2, 0) is 11.2 Å². The van der Waals surface area contributed by atoms with Crippen LogP contribution in [0, 0.1) is 0 Å². The van der Waals surface area contributed by atoms with E-state index in [2.05, 4.69) is 0 Å². The lowest BCUT2D eigenvalue weighted by molar-refractivity contribution is -0.144. The Bertz CT molecular complexity index is 564. The van der Waals surface area contributed by atoms with Gasteiger partial charge in [0.05, 0.1) is 7.11 Å². The molecule has 1 N–H and O–H groups in total. The molecule has 0 amide bonds. The van der Waals surface area contributed by atoms with Gasteiger partial charge in [-0.15, -0.1) is 0 Å². The molecule has 1 fully saturated rings. The Morgan fingerprint density at radius 3 is 2.73 bits per heavy atom. The summed E-state index contributed by atoms with van der Waals surface area (Å²) in [5.74, 6) is 1.06. The average molecular weight is 305 g/mol. The molecule has 0 saturated carbocycles. The van der Waals surface area contributed by atoms with Gasteiger partial charge in [-0.05, 0) is 44.7 Å². The maximum Gasteiger partial charge on any atom is 0.320 e. The molecule has 5 heteroatoms. The molecule has 1 saturated heterocycles. The van der Waals surface area contributed by atoms with Gasteiger partial charge in [-0.2, -0.15) is 0 Å². The summed E-state index contributed by atoms with van der Waals surface area (Å²) < 4.78 is 11.7. The smallest absolute Gasteiger partial charge is 0.320 e. The molecule has 3 rings (SSSR count). The Labute approximate surface area is 130 Å². The van der Waals surface area contributed by atoms with Crippen molar-refractivity contribution in [2.45, 2.75) is 44.2 Å². The van der Waals surface area contributed by atoms with Crippen molar-refractivity contribution in [3.05, 3.63) is 23.8 Å². The lowest BCUT2D eigenvalue weighted by Crippen LogP contribution is -2.53. The Hall–Kier alpha value is -1.75. The lowest BCUT2D eigenvalue weighted by atomic mass is 9.82. The van der Waals surface area contributed by atoms with Crippen LogP contribution in [0.25, 0.3) is 0 Å². The van der Waals surface area contributed by atoms with E-state index in [9.17, 15) is 4.79 Å². The summed E-state index contributed by atoms with van der Waals surface area (Å²) >= 11 is 0. The SMILES string of the molecule is COc1cccc2c1CCC1(CCN(C(C)C(=O)O)CC1)O2. The van der Waals surface area contributed by atoms with Gasteiger partial charge in [-0.1, -0.05) is 6.07 Å². The fraction of sp³-hybridized carbons (Fsp3) is 0.588. The van der Waals surface area contributed by atoms with Gasteiger partial charge in [-0.3, -0.25) is 9.69 Å². The third kappa shape index (κ3) is 2.65. The van der Waals surface area contributed by atoms with Crippen LogP contribution in [0.2, 0.25) is 0 Å². The van der Waals surface area contributed by atoms with Crippen molar-refractivity contribution < 1.29 is 19.4 Å². The molecule has 0 bridgehead atoms. The van der Waals surface area contributed by atoms with Crippen molar-refractivity contribution in [3.8, 4) is 11.5 Å². The van der Waals surface area contributed by atoms with Crippen LogP contribution >= 0.6 is 0 Å². The monoisotopic (exact) mass is 305 g/mol. The second-order valence-corrected chi connectivity index (χ2v) is 6.27. The maximum atomic E-state index is 11.1. The molecule has 1 unspecified atom stereocenters. The number of hydrogen-bond acceptors (Lipinski definition) is 4. The number of nitrogens with zero attached hydrogens (tertiary/aromatic N) is 1. The fourth-order valence-electron chi connectivity index (χ4n) is 3.54. The minimum atomic E-state index is -0.754. The Morgan fingerprint density at radius 2 is 2.09 bits per heavy atom. The van der Waals surface area contributed by atoms with E-state index in [0.29, 0.717) is 0 Å². The van der Waals surface area contributed by atoms with E-state index in [4.69, 9.17) is 14.6 Å². The van der Waals surface area contributed by atoms with E-state index in [1.165, 1.54) is 0 Å². The topological polar surface area (TPSA) is 59.0 Å². The Morgan fingerprint density at radius 1 is 1.36 bits per heavy atom. The van der Waals surface area contributed by atoms with Crippen LogP contribution in [0.4, 0.5) is 0 Å². The van der Waals surface area contributed by atoms with Gasteiger partial charge in [0.25, 0.3) is 0 Å². The second-order valence-electron chi connectivity index (χ2n) is 6.27. The number of carboxylic acid groups (broad SMARTS) is 1. The van der Waals surface area contributed by atoms with E-state index < -0.39 is 12.0 Å². The summed E-state index contributed by atoms with van der Waals surface area (Å²) in [5.41, 5.74) is 1.01. The standard InChI is InChI=1S/C17H23NO4/c1-12(16(19)20)18-10-8-17(9-11-18)7-6-13-14(21-2)4-3-5-15(13)22-17/h3-5,12H,6-11H2,1-2H3,(H,19,20). The van der Waals surface area contributed by atoms with Gasteiger partial charge in [0.2, 0.25) is 0 Å². The third-order valence-electron chi connectivity index (χ3n) is 5.08. The Balaban J connectivity index is 1.71. The first-order chi connectivity index (χ1) is 10.5. The predicted molar refractivity (Wildman–Crippen MR) is 82.6 cm³/mol. The maximum absolute atomic E-state index is 11.1. The summed E-state index contributed by atoms with van der Waals surface area (Å²) in [6.07, 6.45) is 3.67. The molecule has 1 spiro atoms. The molecule has 2 heterocycles. The molecular formula is C17H23NO4. The van der Waals surface area contributed by atoms with Gasteiger partial charge in [0.15, 0.2) is 0 Å². The molecule has 120 valence electrons. The molecule has 0 aromatic heterocycles.